The molecule has 0 fully saturated rings. The third-order valence-electron chi connectivity index (χ3n) is 4.48. The molecule has 0 aliphatic carbocycles. The molecule has 0 radical (unpaired) electrons. The number of hydrogen-bond acceptors (Lipinski definition) is 2. The van der Waals surface area contributed by atoms with Gasteiger partial charge in [-0.15, -0.1) is 0 Å². The van der Waals surface area contributed by atoms with Gasteiger partial charge in [0.15, 0.2) is 0 Å². The molecule has 0 bridgehead atoms. The van der Waals surface area contributed by atoms with Crippen LogP contribution in [0.4, 0.5) is 13.2 Å². The smallest absolute Gasteiger partial charge is 0.416 e. The quantitative estimate of drug-likeness (QED) is 0.489. The maximum absolute atomic E-state index is 12.6. The molecule has 0 spiro atoms. The van der Waals surface area contributed by atoms with E-state index in [0.717, 1.165) is 36.1 Å². The minimum atomic E-state index is -4.34. The summed E-state index contributed by atoms with van der Waals surface area (Å²) in [5.74, 6) is -0.262. The summed E-state index contributed by atoms with van der Waals surface area (Å²) < 4.78 is 43.6. The average molecular weight is 400 g/mol. The van der Waals surface area contributed by atoms with E-state index in [9.17, 15) is 18.0 Å². The summed E-state index contributed by atoms with van der Waals surface area (Å²) in [6.45, 7) is 0.500. The van der Waals surface area contributed by atoms with E-state index >= 15 is 0 Å². The van der Waals surface area contributed by atoms with Crippen LogP contribution < -0.4 is 4.74 Å². The fourth-order valence-electron chi connectivity index (χ4n) is 2.88. The number of aromatic carboxylic acids is 1. The molecule has 0 aromatic heterocycles. The van der Waals surface area contributed by atoms with Crippen LogP contribution in [0.3, 0.4) is 0 Å². The molecule has 0 aliphatic rings. The minimum Gasteiger partial charge on any atom is -0.494 e. The van der Waals surface area contributed by atoms with E-state index in [2.05, 4.69) is 0 Å². The van der Waals surface area contributed by atoms with E-state index in [4.69, 9.17) is 9.84 Å². The van der Waals surface area contributed by atoms with Crippen LogP contribution in [0, 0.1) is 0 Å². The number of carboxylic acids is 1. The Labute approximate surface area is 166 Å². The van der Waals surface area contributed by atoms with Crippen molar-refractivity contribution >= 4 is 5.97 Å². The van der Waals surface area contributed by atoms with Gasteiger partial charge in [0.2, 0.25) is 0 Å². The van der Waals surface area contributed by atoms with Gasteiger partial charge < -0.3 is 9.84 Å². The van der Waals surface area contributed by atoms with Crippen LogP contribution in [0.1, 0.15) is 27.9 Å². The summed E-state index contributed by atoms with van der Waals surface area (Å²) in [6, 6.07) is 19.0. The summed E-state index contributed by atoms with van der Waals surface area (Å²) in [5.41, 5.74) is 2.15. The van der Waals surface area contributed by atoms with Crippen molar-refractivity contribution in [3.05, 3.63) is 89.5 Å². The molecule has 0 heterocycles. The Kier molecular flexibility index (Phi) is 6.22. The SMILES string of the molecule is O=C(O)c1ccc(CCCOc2ccc(-c3ccc(C(F)(F)F)cc3)cc2)cc1. The van der Waals surface area contributed by atoms with E-state index in [0.29, 0.717) is 17.9 Å². The molecule has 0 unspecified atom stereocenters. The van der Waals surface area contributed by atoms with Crippen molar-refractivity contribution in [2.75, 3.05) is 6.61 Å². The Bertz CT molecular complexity index is 945. The topological polar surface area (TPSA) is 46.5 Å². The van der Waals surface area contributed by atoms with Gasteiger partial charge in [0.1, 0.15) is 5.75 Å². The maximum Gasteiger partial charge on any atom is 0.416 e. The van der Waals surface area contributed by atoms with Gasteiger partial charge in [0.05, 0.1) is 17.7 Å². The van der Waals surface area contributed by atoms with Gasteiger partial charge in [-0.3, -0.25) is 0 Å². The van der Waals surface area contributed by atoms with E-state index in [-0.39, 0.29) is 5.56 Å². The van der Waals surface area contributed by atoms with Crippen molar-refractivity contribution in [3.8, 4) is 16.9 Å². The van der Waals surface area contributed by atoms with Crippen LogP contribution in [-0.2, 0) is 12.6 Å². The van der Waals surface area contributed by atoms with Crippen molar-refractivity contribution in [1.29, 1.82) is 0 Å². The normalized spacial score (nSPS) is 11.3. The molecule has 3 aromatic carbocycles. The third kappa shape index (κ3) is 5.60. The number of carboxylic acid groups (broad SMARTS) is 1. The number of rotatable bonds is 7. The standard InChI is InChI=1S/C23H19F3O3/c24-23(25,26)20-11-7-17(8-12-20)18-9-13-21(14-10-18)29-15-1-2-16-3-5-19(6-4-16)22(27)28/h3-14H,1-2,15H2,(H,27,28). The van der Waals surface area contributed by atoms with E-state index in [1.54, 1.807) is 36.4 Å². The van der Waals surface area contributed by atoms with Gasteiger partial charge in [0, 0.05) is 0 Å². The van der Waals surface area contributed by atoms with Crippen molar-refractivity contribution < 1.29 is 27.8 Å². The molecule has 6 heteroatoms. The lowest BCUT2D eigenvalue weighted by molar-refractivity contribution is -0.137. The minimum absolute atomic E-state index is 0.262. The number of ether oxygens (including phenoxy) is 1. The highest BCUT2D eigenvalue weighted by Crippen LogP contribution is 2.31. The average Bonchev–Trinajstić information content (AvgIpc) is 2.71. The maximum atomic E-state index is 12.6. The largest absolute Gasteiger partial charge is 0.494 e. The van der Waals surface area contributed by atoms with Gasteiger partial charge in [-0.1, -0.05) is 36.4 Å². The predicted molar refractivity (Wildman–Crippen MR) is 104 cm³/mol. The molecular formula is C23H19F3O3. The first-order valence-corrected chi connectivity index (χ1v) is 9.06. The van der Waals surface area contributed by atoms with Crippen LogP contribution in [0.2, 0.25) is 0 Å². The molecule has 0 atom stereocenters. The van der Waals surface area contributed by atoms with Gasteiger partial charge in [-0.2, -0.15) is 13.2 Å². The fourth-order valence-corrected chi connectivity index (χ4v) is 2.88. The number of carbonyl (C=O) groups is 1. The highest BCUT2D eigenvalue weighted by Gasteiger charge is 2.29. The summed E-state index contributed by atoms with van der Waals surface area (Å²) in [6.07, 6.45) is -2.80. The van der Waals surface area contributed by atoms with Gasteiger partial charge in [0.25, 0.3) is 0 Å². The Hall–Kier alpha value is -3.28. The van der Waals surface area contributed by atoms with E-state index < -0.39 is 17.7 Å². The lowest BCUT2D eigenvalue weighted by Gasteiger charge is -2.09. The first kappa shape index (κ1) is 20.5. The second-order valence-electron chi connectivity index (χ2n) is 6.55. The van der Waals surface area contributed by atoms with Gasteiger partial charge in [-0.05, 0) is 65.9 Å². The van der Waals surface area contributed by atoms with Gasteiger partial charge >= 0.3 is 12.1 Å². The number of hydrogen-bond donors (Lipinski definition) is 1. The molecule has 0 saturated carbocycles. The van der Waals surface area contributed by atoms with E-state index in [1.165, 1.54) is 12.1 Å². The van der Waals surface area contributed by atoms with Crippen molar-refractivity contribution in [1.82, 2.24) is 0 Å². The molecule has 3 rings (SSSR count). The zero-order chi connectivity index (χ0) is 20.9. The number of benzene rings is 3. The van der Waals surface area contributed by atoms with Crippen LogP contribution in [0.5, 0.6) is 5.75 Å². The first-order chi connectivity index (χ1) is 13.8. The molecule has 150 valence electrons. The van der Waals surface area contributed by atoms with Crippen LogP contribution in [0.15, 0.2) is 72.8 Å². The van der Waals surface area contributed by atoms with E-state index in [1.807, 2.05) is 12.1 Å². The number of aryl methyl sites for hydroxylation is 1. The second-order valence-corrected chi connectivity index (χ2v) is 6.55. The summed E-state index contributed by atoms with van der Waals surface area (Å²) in [7, 11) is 0. The zero-order valence-corrected chi connectivity index (χ0v) is 15.4. The van der Waals surface area contributed by atoms with Gasteiger partial charge in [-0.25, -0.2) is 4.79 Å². The van der Waals surface area contributed by atoms with Crippen molar-refractivity contribution in [2.24, 2.45) is 0 Å². The Balaban J connectivity index is 1.50. The number of halogens is 3. The lowest BCUT2D eigenvalue weighted by Crippen LogP contribution is -2.04. The monoisotopic (exact) mass is 400 g/mol. The van der Waals surface area contributed by atoms with Crippen molar-refractivity contribution in [2.45, 2.75) is 19.0 Å². The lowest BCUT2D eigenvalue weighted by atomic mass is 10.0. The molecule has 3 nitrogen and oxygen atoms in total. The third-order valence-corrected chi connectivity index (χ3v) is 4.48. The van der Waals surface area contributed by atoms with Crippen molar-refractivity contribution in [3.63, 3.8) is 0 Å². The Morgan fingerprint density at radius 1 is 0.828 bits per heavy atom. The number of alkyl halides is 3. The zero-order valence-electron chi connectivity index (χ0n) is 15.4. The first-order valence-electron chi connectivity index (χ1n) is 9.06. The summed E-state index contributed by atoms with van der Waals surface area (Å²) >= 11 is 0. The molecule has 0 saturated heterocycles. The molecule has 0 aliphatic heterocycles. The van der Waals surface area contributed by atoms with Crippen LogP contribution in [-0.4, -0.2) is 17.7 Å². The summed E-state index contributed by atoms with van der Waals surface area (Å²) in [5, 5.41) is 8.89. The predicted octanol–water partition coefficient (Wildman–Crippen LogP) is 6.08. The fraction of sp³-hybridized carbons (Fsp3) is 0.174. The highest BCUT2D eigenvalue weighted by atomic mass is 19.4. The Morgan fingerprint density at radius 2 is 1.38 bits per heavy atom. The highest BCUT2D eigenvalue weighted by molar-refractivity contribution is 5.87. The Morgan fingerprint density at radius 3 is 1.90 bits per heavy atom. The molecular weight excluding hydrogens is 381 g/mol. The van der Waals surface area contributed by atoms with Crippen LogP contribution >= 0.6 is 0 Å². The summed E-state index contributed by atoms with van der Waals surface area (Å²) in [4.78, 5) is 10.8. The molecule has 29 heavy (non-hydrogen) atoms. The molecule has 1 N–H and O–H groups in total. The van der Waals surface area contributed by atoms with Crippen LogP contribution in [0.25, 0.3) is 11.1 Å². The second kappa shape index (κ2) is 8.82. The molecule has 0 amide bonds. The molecule has 3 aromatic rings.